The fraction of sp³-hybridized carbons (Fsp3) is 0.273. The van der Waals surface area contributed by atoms with E-state index in [1.807, 2.05) is 18.4 Å². The van der Waals surface area contributed by atoms with Gasteiger partial charge in [0.25, 0.3) is 0 Å². The van der Waals surface area contributed by atoms with E-state index < -0.39 is 11.4 Å². The molecule has 1 aromatic heterocycles. The molecule has 9 heteroatoms. The standard InChI is InChI=1S/C22H22ClF2N5O/c1-22(2)21-28-19(13-3-8-17(25)16(23)11-13)20(27-15-6-4-14(24)5-7-15)29(21)9-10-30(22)18(31)12-26/h3-8,11,27H,9-10,12,26H2,1-2H3. The summed E-state index contributed by atoms with van der Waals surface area (Å²) in [6.45, 7) is 4.65. The van der Waals surface area contributed by atoms with E-state index >= 15 is 0 Å². The lowest BCUT2D eigenvalue weighted by atomic mass is 9.99. The molecule has 1 aliphatic rings. The van der Waals surface area contributed by atoms with Crippen molar-refractivity contribution in [2.75, 3.05) is 18.4 Å². The Kier molecular flexibility index (Phi) is 5.45. The van der Waals surface area contributed by atoms with Crippen LogP contribution in [0.1, 0.15) is 19.7 Å². The topological polar surface area (TPSA) is 76.2 Å². The minimum atomic E-state index is -0.726. The maximum absolute atomic E-state index is 13.8. The van der Waals surface area contributed by atoms with E-state index in [1.54, 1.807) is 23.1 Å². The molecule has 0 aliphatic carbocycles. The summed E-state index contributed by atoms with van der Waals surface area (Å²) in [6.07, 6.45) is 0. The molecule has 3 aromatic rings. The molecule has 0 saturated heterocycles. The Morgan fingerprint density at radius 3 is 2.55 bits per heavy atom. The number of carbonyl (C=O) groups is 1. The van der Waals surface area contributed by atoms with Gasteiger partial charge in [0.1, 0.15) is 29.0 Å². The summed E-state index contributed by atoms with van der Waals surface area (Å²) in [6, 6.07) is 10.3. The van der Waals surface area contributed by atoms with Crippen molar-refractivity contribution in [1.82, 2.24) is 14.5 Å². The van der Waals surface area contributed by atoms with Crippen molar-refractivity contribution in [3.8, 4) is 11.3 Å². The summed E-state index contributed by atoms with van der Waals surface area (Å²) in [4.78, 5) is 19.0. The van der Waals surface area contributed by atoms with Crippen LogP contribution in [-0.4, -0.2) is 33.4 Å². The Bertz CT molecular complexity index is 1140. The van der Waals surface area contributed by atoms with Gasteiger partial charge in [0.05, 0.1) is 17.1 Å². The number of hydrogen-bond acceptors (Lipinski definition) is 4. The van der Waals surface area contributed by atoms with Gasteiger partial charge in [-0.15, -0.1) is 0 Å². The predicted octanol–water partition coefficient (Wildman–Crippen LogP) is 4.26. The number of hydrogen-bond donors (Lipinski definition) is 2. The molecule has 162 valence electrons. The van der Waals surface area contributed by atoms with Crippen LogP contribution < -0.4 is 11.1 Å². The van der Waals surface area contributed by atoms with E-state index in [0.717, 1.165) is 0 Å². The van der Waals surface area contributed by atoms with E-state index in [4.69, 9.17) is 22.3 Å². The molecule has 0 bridgehead atoms. The SMILES string of the molecule is CC1(C)c2nc(-c3ccc(F)c(Cl)c3)c(Nc3ccc(F)cc3)n2CCN1C(=O)CN. The maximum atomic E-state index is 13.8. The Morgan fingerprint density at radius 1 is 1.19 bits per heavy atom. The molecule has 0 unspecified atom stereocenters. The zero-order valence-corrected chi connectivity index (χ0v) is 17.9. The Hall–Kier alpha value is -2.97. The van der Waals surface area contributed by atoms with Crippen LogP contribution in [0.25, 0.3) is 11.3 Å². The first-order chi connectivity index (χ1) is 14.7. The van der Waals surface area contributed by atoms with Crippen LogP contribution in [0.4, 0.5) is 20.3 Å². The quantitative estimate of drug-likeness (QED) is 0.629. The van der Waals surface area contributed by atoms with Crippen molar-refractivity contribution in [3.05, 3.63) is 64.9 Å². The van der Waals surface area contributed by atoms with Gasteiger partial charge in [-0.2, -0.15) is 0 Å². The normalized spacial score (nSPS) is 15.0. The predicted molar refractivity (Wildman–Crippen MR) is 116 cm³/mol. The lowest BCUT2D eigenvalue weighted by molar-refractivity contribution is -0.137. The Balaban J connectivity index is 1.88. The molecule has 4 rings (SSSR count). The van der Waals surface area contributed by atoms with Crippen LogP contribution in [0.3, 0.4) is 0 Å². The van der Waals surface area contributed by atoms with Crippen molar-refractivity contribution in [3.63, 3.8) is 0 Å². The first kappa shape index (κ1) is 21.3. The number of nitrogens with one attached hydrogen (secondary N) is 1. The van der Waals surface area contributed by atoms with Crippen molar-refractivity contribution in [1.29, 1.82) is 0 Å². The number of rotatable bonds is 4. The van der Waals surface area contributed by atoms with E-state index in [0.29, 0.717) is 41.7 Å². The first-order valence-corrected chi connectivity index (χ1v) is 10.2. The highest BCUT2D eigenvalue weighted by Gasteiger charge is 2.41. The van der Waals surface area contributed by atoms with Gasteiger partial charge in [0.2, 0.25) is 5.91 Å². The largest absolute Gasteiger partial charge is 0.340 e. The molecule has 0 spiro atoms. The van der Waals surface area contributed by atoms with Gasteiger partial charge in [-0.05, 0) is 56.3 Å². The molecule has 31 heavy (non-hydrogen) atoms. The van der Waals surface area contributed by atoms with Gasteiger partial charge >= 0.3 is 0 Å². The lowest BCUT2D eigenvalue weighted by Crippen LogP contribution is -2.53. The van der Waals surface area contributed by atoms with Gasteiger partial charge < -0.3 is 20.5 Å². The molecular formula is C22H22ClF2N5O. The molecule has 6 nitrogen and oxygen atoms in total. The molecule has 0 atom stereocenters. The summed E-state index contributed by atoms with van der Waals surface area (Å²) in [5.74, 6) is 0.266. The van der Waals surface area contributed by atoms with Crippen molar-refractivity contribution in [2.24, 2.45) is 5.73 Å². The third-order valence-electron chi connectivity index (χ3n) is 5.51. The number of imidazole rings is 1. The highest BCUT2D eigenvalue weighted by molar-refractivity contribution is 6.31. The third kappa shape index (κ3) is 3.77. The molecule has 2 aromatic carbocycles. The second-order valence-corrected chi connectivity index (χ2v) is 8.26. The van der Waals surface area contributed by atoms with Crippen molar-refractivity contribution < 1.29 is 13.6 Å². The van der Waals surface area contributed by atoms with Gasteiger partial charge in [-0.25, -0.2) is 13.8 Å². The molecule has 1 amide bonds. The number of halogens is 3. The molecule has 0 radical (unpaired) electrons. The Labute approximate surface area is 183 Å². The summed E-state index contributed by atoms with van der Waals surface area (Å²) in [7, 11) is 0. The second-order valence-electron chi connectivity index (χ2n) is 7.85. The minimum absolute atomic E-state index is 0.0181. The molecule has 0 saturated carbocycles. The van der Waals surface area contributed by atoms with Crippen LogP contribution in [0, 0.1) is 11.6 Å². The number of anilines is 2. The molecular weight excluding hydrogens is 424 g/mol. The summed E-state index contributed by atoms with van der Waals surface area (Å²) >= 11 is 6.02. The van der Waals surface area contributed by atoms with Crippen LogP contribution in [-0.2, 0) is 16.9 Å². The highest BCUT2D eigenvalue weighted by atomic mass is 35.5. The average molecular weight is 446 g/mol. The van der Waals surface area contributed by atoms with Crippen molar-refractivity contribution in [2.45, 2.75) is 25.9 Å². The third-order valence-corrected chi connectivity index (χ3v) is 5.80. The Morgan fingerprint density at radius 2 is 1.90 bits per heavy atom. The van der Waals surface area contributed by atoms with Gasteiger partial charge in [0.15, 0.2) is 0 Å². The maximum Gasteiger partial charge on any atom is 0.237 e. The fourth-order valence-corrected chi connectivity index (χ4v) is 4.11. The van der Waals surface area contributed by atoms with Gasteiger partial charge in [-0.1, -0.05) is 11.6 Å². The average Bonchev–Trinajstić information content (AvgIpc) is 3.11. The second kappa shape index (κ2) is 7.94. The number of nitrogens with two attached hydrogens (primary N) is 1. The summed E-state index contributed by atoms with van der Waals surface area (Å²) in [5, 5.41) is 3.29. The van der Waals surface area contributed by atoms with Crippen LogP contribution in [0.5, 0.6) is 0 Å². The monoisotopic (exact) mass is 445 g/mol. The summed E-state index contributed by atoms with van der Waals surface area (Å²) < 4.78 is 29.1. The van der Waals surface area contributed by atoms with E-state index in [1.165, 1.54) is 24.3 Å². The fourth-order valence-electron chi connectivity index (χ4n) is 3.93. The van der Waals surface area contributed by atoms with Crippen LogP contribution in [0.15, 0.2) is 42.5 Å². The smallest absolute Gasteiger partial charge is 0.237 e. The molecule has 1 aliphatic heterocycles. The van der Waals surface area contributed by atoms with Crippen LogP contribution in [0.2, 0.25) is 5.02 Å². The van der Waals surface area contributed by atoms with Crippen molar-refractivity contribution >= 4 is 29.0 Å². The zero-order chi connectivity index (χ0) is 22.3. The molecule has 0 fully saturated rings. The molecule has 2 heterocycles. The highest BCUT2D eigenvalue weighted by Crippen LogP contribution is 2.40. The first-order valence-electron chi connectivity index (χ1n) is 9.82. The van der Waals surface area contributed by atoms with Crippen LogP contribution >= 0.6 is 11.6 Å². The van der Waals surface area contributed by atoms with E-state index in [-0.39, 0.29) is 23.3 Å². The number of fused-ring (bicyclic) bond motifs is 1. The molecule has 3 N–H and O–H groups in total. The van der Waals surface area contributed by atoms with E-state index in [9.17, 15) is 13.6 Å². The number of benzene rings is 2. The minimum Gasteiger partial charge on any atom is -0.340 e. The van der Waals surface area contributed by atoms with Gasteiger partial charge in [-0.3, -0.25) is 4.79 Å². The number of carbonyl (C=O) groups excluding carboxylic acids is 1. The van der Waals surface area contributed by atoms with Gasteiger partial charge in [0, 0.05) is 24.3 Å². The number of nitrogens with zero attached hydrogens (tertiary/aromatic N) is 3. The lowest BCUT2D eigenvalue weighted by Gasteiger charge is -2.42. The number of aromatic nitrogens is 2. The van der Waals surface area contributed by atoms with E-state index in [2.05, 4.69) is 5.32 Å². The summed E-state index contributed by atoms with van der Waals surface area (Å²) in [5.41, 5.74) is 6.71. The zero-order valence-electron chi connectivity index (χ0n) is 17.1. The number of amides is 1.